The Bertz CT molecular complexity index is 138. The molecular weight excluding hydrogens is 154 g/mol. The van der Waals surface area contributed by atoms with Gasteiger partial charge in [-0.15, -0.1) is 0 Å². The van der Waals surface area contributed by atoms with Crippen LogP contribution in [0.3, 0.4) is 0 Å². The van der Waals surface area contributed by atoms with Gasteiger partial charge in [0.1, 0.15) is 0 Å². The first-order valence-corrected chi connectivity index (χ1v) is 4.71. The fourth-order valence-corrected chi connectivity index (χ4v) is 1.62. The van der Waals surface area contributed by atoms with Crippen molar-refractivity contribution in [2.24, 2.45) is 0 Å². The van der Waals surface area contributed by atoms with Crippen LogP contribution in [-0.2, 0) is 0 Å². The molecule has 12 heavy (non-hydrogen) atoms. The zero-order valence-corrected chi connectivity index (χ0v) is 7.90. The summed E-state index contributed by atoms with van der Waals surface area (Å²) in [5, 5.41) is 18.9. The summed E-state index contributed by atoms with van der Waals surface area (Å²) in [6.45, 7) is 5.83. The Balaban J connectivity index is 2.48. The molecule has 0 aromatic rings. The van der Waals surface area contributed by atoms with Crippen molar-refractivity contribution in [3.63, 3.8) is 0 Å². The van der Waals surface area contributed by atoms with E-state index in [1.807, 2.05) is 0 Å². The Hall–Kier alpha value is -0.120. The van der Waals surface area contributed by atoms with E-state index in [1.54, 1.807) is 0 Å². The largest absolute Gasteiger partial charge is 0.390 e. The van der Waals surface area contributed by atoms with E-state index in [0.29, 0.717) is 12.6 Å². The summed E-state index contributed by atoms with van der Waals surface area (Å²) in [6, 6.07) is 0.463. The van der Waals surface area contributed by atoms with Gasteiger partial charge in [0, 0.05) is 12.6 Å². The highest BCUT2D eigenvalue weighted by Crippen LogP contribution is 2.13. The molecule has 0 unspecified atom stereocenters. The number of rotatable bonds is 1. The number of nitrogens with zero attached hydrogens (tertiary/aromatic N) is 1. The first-order valence-electron chi connectivity index (χ1n) is 4.71. The van der Waals surface area contributed by atoms with E-state index in [-0.39, 0.29) is 0 Å². The summed E-state index contributed by atoms with van der Waals surface area (Å²) in [5.41, 5.74) is 0. The van der Waals surface area contributed by atoms with Crippen LogP contribution in [0.4, 0.5) is 0 Å². The first-order chi connectivity index (χ1) is 5.61. The number of β-amino-alcohol motifs (C(OH)–C–C–N with tert-alkyl or cyclic N) is 1. The van der Waals surface area contributed by atoms with Gasteiger partial charge in [-0.05, 0) is 33.2 Å². The van der Waals surface area contributed by atoms with Gasteiger partial charge >= 0.3 is 0 Å². The minimum absolute atomic E-state index is 0.463. The van der Waals surface area contributed by atoms with Gasteiger partial charge in [0.25, 0.3) is 0 Å². The molecule has 0 bridgehead atoms. The van der Waals surface area contributed by atoms with Crippen LogP contribution in [0.15, 0.2) is 0 Å². The molecule has 72 valence electrons. The molecule has 0 aliphatic carbocycles. The zero-order chi connectivity index (χ0) is 9.14. The molecule has 2 N–H and O–H groups in total. The average molecular weight is 173 g/mol. The Morgan fingerprint density at radius 3 is 2.50 bits per heavy atom. The summed E-state index contributed by atoms with van der Waals surface area (Å²) in [6.07, 6.45) is 0.629. The third-order valence-electron chi connectivity index (χ3n) is 2.54. The SMILES string of the molecule is CC(C)N1CCC[C@H](O)[C@@H](O)C1. The number of likely N-dealkylation sites (tertiary alicyclic amines) is 1. The summed E-state index contributed by atoms with van der Waals surface area (Å²) in [5.74, 6) is 0. The Labute approximate surface area is 74.0 Å². The second-order valence-electron chi connectivity index (χ2n) is 3.87. The highest BCUT2D eigenvalue weighted by Gasteiger charge is 2.24. The smallest absolute Gasteiger partial charge is 0.0925 e. The minimum Gasteiger partial charge on any atom is -0.390 e. The quantitative estimate of drug-likeness (QED) is 0.596. The molecule has 1 heterocycles. The number of hydrogen-bond acceptors (Lipinski definition) is 3. The van der Waals surface area contributed by atoms with E-state index in [2.05, 4.69) is 18.7 Å². The summed E-state index contributed by atoms with van der Waals surface area (Å²) in [4.78, 5) is 2.21. The van der Waals surface area contributed by atoms with E-state index in [9.17, 15) is 10.2 Å². The Kier molecular flexibility index (Phi) is 3.50. The molecule has 0 radical (unpaired) electrons. The summed E-state index contributed by atoms with van der Waals surface area (Å²) in [7, 11) is 0. The van der Waals surface area contributed by atoms with Crippen LogP contribution >= 0.6 is 0 Å². The van der Waals surface area contributed by atoms with Gasteiger partial charge in [0.15, 0.2) is 0 Å². The second kappa shape index (κ2) is 4.21. The van der Waals surface area contributed by atoms with Crippen molar-refractivity contribution < 1.29 is 10.2 Å². The lowest BCUT2D eigenvalue weighted by Crippen LogP contribution is -2.39. The van der Waals surface area contributed by atoms with Crippen molar-refractivity contribution in [1.82, 2.24) is 4.90 Å². The van der Waals surface area contributed by atoms with E-state index in [0.717, 1.165) is 19.4 Å². The van der Waals surface area contributed by atoms with Crippen LogP contribution in [0, 0.1) is 0 Å². The zero-order valence-electron chi connectivity index (χ0n) is 7.90. The molecule has 1 aliphatic heterocycles. The fraction of sp³-hybridized carbons (Fsp3) is 1.00. The molecule has 0 saturated carbocycles. The predicted molar refractivity (Wildman–Crippen MR) is 48.0 cm³/mol. The molecule has 2 atom stereocenters. The van der Waals surface area contributed by atoms with Crippen molar-refractivity contribution in [2.75, 3.05) is 13.1 Å². The Morgan fingerprint density at radius 2 is 1.92 bits per heavy atom. The van der Waals surface area contributed by atoms with Crippen LogP contribution in [0.5, 0.6) is 0 Å². The van der Waals surface area contributed by atoms with Gasteiger partial charge in [-0.3, -0.25) is 4.90 Å². The van der Waals surface area contributed by atoms with Gasteiger partial charge in [-0.25, -0.2) is 0 Å². The molecule has 1 aliphatic rings. The monoisotopic (exact) mass is 173 g/mol. The number of hydrogen-bond donors (Lipinski definition) is 2. The van der Waals surface area contributed by atoms with Gasteiger partial charge in [-0.2, -0.15) is 0 Å². The van der Waals surface area contributed by atoms with Crippen LogP contribution in [-0.4, -0.2) is 46.5 Å². The lowest BCUT2D eigenvalue weighted by Gasteiger charge is -2.26. The number of aliphatic hydroxyl groups excluding tert-OH is 2. The standard InChI is InChI=1S/C9H19NO2/c1-7(2)10-5-3-4-8(11)9(12)6-10/h7-9,11-12H,3-6H2,1-2H3/t8-,9-/m0/s1. The first kappa shape index (κ1) is 9.96. The lowest BCUT2D eigenvalue weighted by molar-refractivity contribution is 0.00500. The molecule has 0 aromatic heterocycles. The fourth-order valence-electron chi connectivity index (χ4n) is 1.62. The van der Waals surface area contributed by atoms with Crippen molar-refractivity contribution >= 4 is 0 Å². The maximum atomic E-state index is 9.49. The third-order valence-corrected chi connectivity index (χ3v) is 2.54. The summed E-state index contributed by atoms with van der Waals surface area (Å²) >= 11 is 0. The van der Waals surface area contributed by atoms with Gasteiger partial charge in [0.2, 0.25) is 0 Å². The van der Waals surface area contributed by atoms with Crippen LogP contribution in [0.2, 0.25) is 0 Å². The molecule has 3 nitrogen and oxygen atoms in total. The number of aliphatic hydroxyl groups is 2. The highest BCUT2D eigenvalue weighted by molar-refractivity contribution is 4.78. The topological polar surface area (TPSA) is 43.7 Å². The van der Waals surface area contributed by atoms with Crippen molar-refractivity contribution in [2.45, 2.75) is 44.9 Å². The van der Waals surface area contributed by atoms with Crippen molar-refractivity contribution in [1.29, 1.82) is 0 Å². The maximum absolute atomic E-state index is 9.49. The lowest BCUT2D eigenvalue weighted by atomic mass is 10.1. The molecule has 1 fully saturated rings. The third kappa shape index (κ3) is 2.44. The van der Waals surface area contributed by atoms with Crippen LogP contribution in [0.1, 0.15) is 26.7 Å². The molecule has 0 spiro atoms. The van der Waals surface area contributed by atoms with Gasteiger partial charge < -0.3 is 10.2 Å². The molecular formula is C9H19NO2. The molecule has 1 rings (SSSR count). The van der Waals surface area contributed by atoms with Gasteiger partial charge in [-0.1, -0.05) is 0 Å². The Morgan fingerprint density at radius 1 is 1.25 bits per heavy atom. The van der Waals surface area contributed by atoms with E-state index in [1.165, 1.54) is 0 Å². The maximum Gasteiger partial charge on any atom is 0.0925 e. The molecule has 0 aromatic carbocycles. The van der Waals surface area contributed by atoms with E-state index >= 15 is 0 Å². The predicted octanol–water partition coefficient (Wildman–Crippen LogP) is 0.212. The highest BCUT2D eigenvalue weighted by atomic mass is 16.3. The normalized spacial score (nSPS) is 33.8. The van der Waals surface area contributed by atoms with Crippen molar-refractivity contribution in [3.8, 4) is 0 Å². The van der Waals surface area contributed by atoms with E-state index < -0.39 is 12.2 Å². The van der Waals surface area contributed by atoms with Crippen LogP contribution in [0.25, 0.3) is 0 Å². The van der Waals surface area contributed by atoms with Gasteiger partial charge in [0.05, 0.1) is 12.2 Å². The minimum atomic E-state index is -0.560. The van der Waals surface area contributed by atoms with Crippen molar-refractivity contribution in [3.05, 3.63) is 0 Å². The second-order valence-corrected chi connectivity index (χ2v) is 3.87. The average Bonchev–Trinajstić information content (AvgIpc) is 2.15. The van der Waals surface area contributed by atoms with E-state index in [4.69, 9.17) is 0 Å². The molecule has 1 saturated heterocycles. The summed E-state index contributed by atoms with van der Waals surface area (Å²) < 4.78 is 0. The molecule has 3 heteroatoms. The molecule has 0 amide bonds. The van der Waals surface area contributed by atoms with Crippen LogP contribution < -0.4 is 0 Å².